The van der Waals surface area contributed by atoms with Crippen molar-refractivity contribution in [2.45, 2.75) is 4.90 Å². The van der Waals surface area contributed by atoms with E-state index in [0.717, 1.165) is 11.9 Å². The molecule has 0 aromatic heterocycles. The van der Waals surface area contributed by atoms with E-state index in [1.54, 1.807) is 15.9 Å². The van der Waals surface area contributed by atoms with Gasteiger partial charge in [0.05, 0.1) is 13.2 Å². The van der Waals surface area contributed by atoms with Crippen LogP contribution >= 0.6 is 11.9 Å². The van der Waals surface area contributed by atoms with Gasteiger partial charge in [-0.2, -0.15) is 0 Å². The first-order valence-corrected chi connectivity index (χ1v) is 10.9. The monoisotopic (exact) mass is 511 g/mol. The molecule has 0 aliphatic heterocycles. The highest BCUT2D eigenvalue weighted by Crippen LogP contribution is 2.30. The molecule has 0 radical (unpaired) electrons. The fraction of sp³-hybridized carbons (Fsp3) is 0.304. The molecule has 0 aliphatic carbocycles. The average Bonchev–Trinajstić information content (AvgIpc) is 2.86. The van der Waals surface area contributed by atoms with Crippen LogP contribution < -0.4 is 10.2 Å². The zero-order valence-electron chi connectivity index (χ0n) is 19.3. The molecular weight excluding hydrogens is 484 g/mol. The molecule has 0 bridgehead atoms. The molecule has 2 N–H and O–H groups in total. The molecule has 0 spiro atoms. The zero-order valence-corrected chi connectivity index (χ0v) is 20.1. The summed E-state index contributed by atoms with van der Waals surface area (Å²) in [6, 6.07) is 9.37. The van der Waals surface area contributed by atoms with Gasteiger partial charge >= 0.3 is 6.09 Å². The molecule has 0 fully saturated rings. The molecule has 9 nitrogen and oxygen atoms in total. The summed E-state index contributed by atoms with van der Waals surface area (Å²) in [6.07, 6.45) is 7.44. The lowest BCUT2D eigenvalue weighted by Crippen LogP contribution is -2.38. The summed E-state index contributed by atoms with van der Waals surface area (Å²) in [5, 5.41) is 8.84. The summed E-state index contributed by atoms with van der Waals surface area (Å²) < 4.78 is 44.3. The van der Waals surface area contributed by atoms with Gasteiger partial charge in [-0.15, -0.1) is 12.8 Å². The lowest BCUT2D eigenvalue weighted by Gasteiger charge is -2.23. The lowest BCUT2D eigenvalue weighted by molar-refractivity contribution is -0.129. The van der Waals surface area contributed by atoms with Gasteiger partial charge in [-0.3, -0.25) is 10.0 Å². The predicted molar refractivity (Wildman–Crippen MR) is 126 cm³/mol. The fourth-order valence-electron chi connectivity index (χ4n) is 2.43. The molecule has 0 aliphatic rings. The van der Waals surface area contributed by atoms with Gasteiger partial charge < -0.3 is 19.1 Å². The van der Waals surface area contributed by atoms with Crippen LogP contribution in [0.15, 0.2) is 47.4 Å². The zero-order chi connectivity index (χ0) is 26.2. The third kappa shape index (κ3) is 11.1. The Morgan fingerprint density at radius 3 is 2.37 bits per heavy atom. The number of ether oxygens (including phenoxy) is 3. The summed E-state index contributed by atoms with van der Waals surface area (Å²) in [5.41, 5.74) is 1.54. The molecule has 12 heteroatoms. The van der Waals surface area contributed by atoms with Crippen LogP contribution in [0.25, 0.3) is 0 Å². The van der Waals surface area contributed by atoms with Crippen LogP contribution in [-0.2, 0) is 14.3 Å². The van der Waals surface area contributed by atoms with Crippen molar-refractivity contribution in [3.05, 3.63) is 54.1 Å². The second-order valence-corrected chi connectivity index (χ2v) is 7.84. The van der Waals surface area contributed by atoms with Crippen molar-refractivity contribution in [1.82, 2.24) is 14.7 Å². The third-order valence-corrected chi connectivity index (χ3v) is 5.17. The standard InChI is InChI=1S/C21H25F2N3O6S.C2H2/c1-25(21(28)31-12-11-30-2)9-10-26(14-20(27)24-29)33-17-7-8-19(18(23)13-17)32-16-5-3-15(22)4-6-16;1-2/h3-8,13,29H,9-12,14H2,1-2H3,(H,24,27);1-2H. The molecule has 35 heavy (non-hydrogen) atoms. The number of nitrogens with zero attached hydrogens (tertiary/aromatic N) is 2. The second kappa shape index (κ2) is 16.3. The van der Waals surface area contributed by atoms with Crippen LogP contribution in [0.1, 0.15) is 0 Å². The van der Waals surface area contributed by atoms with E-state index in [2.05, 4.69) is 12.8 Å². The number of benzene rings is 2. The van der Waals surface area contributed by atoms with Crippen LogP contribution in [0.2, 0.25) is 0 Å². The topological polar surface area (TPSA) is 101 Å². The fourth-order valence-corrected chi connectivity index (χ4v) is 3.37. The van der Waals surface area contributed by atoms with Gasteiger partial charge in [0.15, 0.2) is 11.6 Å². The second-order valence-electron chi connectivity index (χ2n) is 6.67. The number of hydrogen-bond donors (Lipinski definition) is 2. The highest BCUT2D eigenvalue weighted by Gasteiger charge is 2.17. The van der Waals surface area contributed by atoms with E-state index in [-0.39, 0.29) is 44.3 Å². The molecular formula is C23H27F2N3O6S. The molecule has 2 aromatic carbocycles. The first-order chi connectivity index (χ1) is 16.8. The number of methoxy groups -OCH3 is 1. The van der Waals surface area contributed by atoms with Crippen molar-refractivity contribution in [2.75, 3.05) is 47.0 Å². The molecule has 0 saturated carbocycles. The molecule has 0 heterocycles. The van der Waals surface area contributed by atoms with Crippen LogP contribution in [0.3, 0.4) is 0 Å². The van der Waals surface area contributed by atoms with Crippen LogP contribution in [0.4, 0.5) is 13.6 Å². The van der Waals surface area contributed by atoms with Gasteiger partial charge in [0.1, 0.15) is 18.2 Å². The summed E-state index contributed by atoms with van der Waals surface area (Å²) in [6.45, 7) is 0.569. The van der Waals surface area contributed by atoms with E-state index in [9.17, 15) is 18.4 Å². The van der Waals surface area contributed by atoms with Gasteiger partial charge in [-0.25, -0.2) is 23.4 Å². The summed E-state index contributed by atoms with van der Waals surface area (Å²) in [5.74, 6) is -1.55. The van der Waals surface area contributed by atoms with Crippen LogP contribution in [-0.4, -0.2) is 73.4 Å². The third-order valence-electron chi connectivity index (χ3n) is 4.13. The molecule has 2 aromatic rings. The number of hydroxylamine groups is 1. The van der Waals surface area contributed by atoms with Crippen molar-refractivity contribution in [3.63, 3.8) is 0 Å². The number of carbonyl (C=O) groups is 2. The molecule has 0 atom stereocenters. The minimum atomic E-state index is -0.676. The molecule has 2 amide bonds. The van der Waals surface area contributed by atoms with E-state index < -0.39 is 23.6 Å². The smallest absolute Gasteiger partial charge is 0.409 e. The highest BCUT2D eigenvalue weighted by molar-refractivity contribution is 7.97. The number of amides is 2. The Hall–Kier alpha value is -3.37. The maximum absolute atomic E-state index is 14.5. The number of carbonyl (C=O) groups excluding carboxylic acids is 2. The Labute approximate surface area is 207 Å². The summed E-state index contributed by atoms with van der Waals surface area (Å²) >= 11 is 1.06. The average molecular weight is 512 g/mol. The van der Waals surface area contributed by atoms with Gasteiger partial charge in [0.2, 0.25) is 0 Å². The molecule has 2 rings (SSSR count). The van der Waals surface area contributed by atoms with Gasteiger partial charge in [0.25, 0.3) is 5.91 Å². The SMILES string of the molecule is C#C.COCCOC(=O)N(C)CCN(CC(=O)NO)Sc1ccc(Oc2ccc(F)cc2)c(F)c1. The Morgan fingerprint density at radius 1 is 1.09 bits per heavy atom. The van der Waals surface area contributed by atoms with Crippen molar-refractivity contribution >= 4 is 23.9 Å². The maximum atomic E-state index is 14.5. The van der Waals surface area contributed by atoms with Crippen molar-refractivity contribution in [3.8, 4) is 24.3 Å². The Balaban J connectivity index is 0.00000298. The lowest BCUT2D eigenvalue weighted by atomic mass is 10.3. The van der Waals surface area contributed by atoms with Gasteiger partial charge in [-0.05, 0) is 54.4 Å². The van der Waals surface area contributed by atoms with Crippen molar-refractivity contribution in [2.24, 2.45) is 0 Å². The largest absolute Gasteiger partial charge is 0.454 e. The van der Waals surface area contributed by atoms with E-state index in [4.69, 9.17) is 19.4 Å². The number of halogens is 2. The van der Waals surface area contributed by atoms with Crippen LogP contribution in [0, 0.1) is 24.5 Å². The molecule has 0 saturated heterocycles. The van der Waals surface area contributed by atoms with Gasteiger partial charge in [-0.1, -0.05) is 0 Å². The Morgan fingerprint density at radius 2 is 1.77 bits per heavy atom. The number of hydrogen-bond acceptors (Lipinski definition) is 8. The normalized spacial score (nSPS) is 10.2. The minimum absolute atomic E-state index is 0.0517. The van der Waals surface area contributed by atoms with E-state index >= 15 is 0 Å². The Bertz CT molecular complexity index is 962. The summed E-state index contributed by atoms with van der Waals surface area (Å²) in [7, 11) is 3.02. The Kier molecular flexibility index (Phi) is 13.8. The highest BCUT2D eigenvalue weighted by atomic mass is 32.2. The first kappa shape index (κ1) is 29.7. The van der Waals surface area contributed by atoms with E-state index in [1.165, 1.54) is 55.5 Å². The van der Waals surface area contributed by atoms with E-state index in [1.807, 2.05) is 0 Å². The van der Waals surface area contributed by atoms with Crippen molar-refractivity contribution < 1.29 is 37.8 Å². The van der Waals surface area contributed by atoms with Gasteiger partial charge in [0, 0.05) is 32.1 Å². The quantitative estimate of drug-likeness (QED) is 0.147. The minimum Gasteiger partial charge on any atom is -0.454 e. The number of nitrogens with one attached hydrogen (secondary N) is 1. The maximum Gasteiger partial charge on any atom is 0.409 e. The number of rotatable bonds is 12. The van der Waals surface area contributed by atoms with Crippen LogP contribution in [0.5, 0.6) is 11.5 Å². The molecule has 190 valence electrons. The van der Waals surface area contributed by atoms with Crippen molar-refractivity contribution in [1.29, 1.82) is 0 Å². The van der Waals surface area contributed by atoms with E-state index in [0.29, 0.717) is 4.90 Å². The first-order valence-electron chi connectivity index (χ1n) is 10.1. The summed E-state index contributed by atoms with van der Waals surface area (Å²) in [4.78, 5) is 25.4. The predicted octanol–water partition coefficient (Wildman–Crippen LogP) is 3.54. The number of likely N-dealkylation sites (N-methyl/N-ethyl adjacent to an activating group) is 1. The number of terminal acetylenes is 1. The molecule has 0 unspecified atom stereocenters.